The van der Waals surface area contributed by atoms with Crippen molar-refractivity contribution < 1.29 is 9.90 Å². The van der Waals surface area contributed by atoms with E-state index in [0.29, 0.717) is 0 Å². The standard InChI is InChI=1S/C16H15BrO2/c1-16(2,15(18)19)14-6-4-3-5-13(14)11-7-9-12(17)10-8-11/h3-10H,1-2H3,(H,18,19). The number of halogens is 1. The first kappa shape index (κ1) is 13.8. The summed E-state index contributed by atoms with van der Waals surface area (Å²) in [5.74, 6) is -0.822. The van der Waals surface area contributed by atoms with Gasteiger partial charge < -0.3 is 5.11 Å². The van der Waals surface area contributed by atoms with Crippen LogP contribution >= 0.6 is 15.9 Å². The molecule has 0 aliphatic heterocycles. The van der Waals surface area contributed by atoms with E-state index in [0.717, 1.165) is 21.2 Å². The summed E-state index contributed by atoms with van der Waals surface area (Å²) < 4.78 is 1.01. The first-order valence-corrected chi connectivity index (χ1v) is 6.81. The Morgan fingerprint density at radius 2 is 1.63 bits per heavy atom. The summed E-state index contributed by atoms with van der Waals surface area (Å²) in [5.41, 5.74) is 1.89. The van der Waals surface area contributed by atoms with E-state index in [4.69, 9.17) is 0 Å². The summed E-state index contributed by atoms with van der Waals surface area (Å²) in [4.78, 5) is 11.5. The number of carbonyl (C=O) groups is 1. The molecule has 0 saturated heterocycles. The molecule has 0 fully saturated rings. The van der Waals surface area contributed by atoms with Gasteiger partial charge in [0.2, 0.25) is 0 Å². The molecule has 2 aromatic carbocycles. The molecule has 0 unspecified atom stereocenters. The highest BCUT2D eigenvalue weighted by molar-refractivity contribution is 9.10. The van der Waals surface area contributed by atoms with Crippen LogP contribution in [-0.4, -0.2) is 11.1 Å². The lowest BCUT2D eigenvalue weighted by atomic mass is 9.80. The molecule has 0 atom stereocenters. The zero-order chi connectivity index (χ0) is 14.0. The van der Waals surface area contributed by atoms with E-state index < -0.39 is 11.4 Å². The van der Waals surface area contributed by atoms with Crippen LogP contribution < -0.4 is 0 Å². The Labute approximate surface area is 121 Å². The first-order chi connectivity index (χ1) is 8.93. The van der Waals surface area contributed by atoms with Gasteiger partial charge in [-0.1, -0.05) is 52.3 Å². The monoisotopic (exact) mass is 318 g/mol. The fraction of sp³-hybridized carbons (Fsp3) is 0.188. The SMILES string of the molecule is CC(C)(C(=O)O)c1ccccc1-c1ccc(Br)cc1. The topological polar surface area (TPSA) is 37.3 Å². The van der Waals surface area contributed by atoms with Gasteiger partial charge in [-0.25, -0.2) is 0 Å². The highest BCUT2D eigenvalue weighted by Crippen LogP contribution is 2.33. The van der Waals surface area contributed by atoms with Crippen molar-refractivity contribution in [2.45, 2.75) is 19.3 Å². The van der Waals surface area contributed by atoms with Gasteiger partial charge in [-0.15, -0.1) is 0 Å². The second-order valence-corrected chi connectivity index (χ2v) is 5.90. The lowest BCUT2D eigenvalue weighted by Gasteiger charge is -2.23. The zero-order valence-corrected chi connectivity index (χ0v) is 12.4. The minimum Gasteiger partial charge on any atom is -0.481 e. The molecular formula is C16H15BrO2. The fourth-order valence-electron chi connectivity index (χ4n) is 2.02. The summed E-state index contributed by atoms with van der Waals surface area (Å²) in [6, 6.07) is 15.5. The summed E-state index contributed by atoms with van der Waals surface area (Å²) in [5, 5.41) is 9.40. The van der Waals surface area contributed by atoms with Crippen molar-refractivity contribution in [3.05, 3.63) is 58.6 Å². The Bertz CT molecular complexity index is 600. The van der Waals surface area contributed by atoms with E-state index in [1.165, 1.54) is 0 Å². The molecule has 0 saturated carbocycles. The molecule has 98 valence electrons. The zero-order valence-electron chi connectivity index (χ0n) is 10.9. The number of carboxylic acids is 1. The molecule has 0 amide bonds. The number of hydrogen-bond donors (Lipinski definition) is 1. The molecule has 2 aromatic rings. The Kier molecular flexibility index (Phi) is 3.76. The molecule has 19 heavy (non-hydrogen) atoms. The smallest absolute Gasteiger partial charge is 0.313 e. The average molecular weight is 319 g/mol. The predicted octanol–water partition coefficient (Wildman–Crippen LogP) is 4.48. The van der Waals surface area contributed by atoms with E-state index in [-0.39, 0.29) is 0 Å². The van der Waals surface area contributed by atoms with Crippen LogP contribution in [-0.2, 0) is 10.2 Å². The Morgan fingerprint density at radius 3 is 2.21 bits per heavy atom. The van der Waals surface area contributed by atoms with Crippen molar-refractivity contribution in [1.29, 1.82) is 0 Å². The fourth-order valence-corrected chi connectivity index (χ4v) is 2.29. The van der Waals surface area contributed by atoms with Crippen LogP contribution in [0.15, 0.2) is 53.0 Å². The van der Waals surface area contributed by atoms with E-state index >= 15 is 0 Å². The summed E-state index contributed by atoms with van der Waals surface area (Å²) >= 11 is 3.41. The Morgan fingerprint density at radius 1 is 1.05 bits per heavy atom. The third-order valence-electron chi connectivity index (χ3n) is 3.29. The molecule has 3 heteroatoms. The second-order valence-electron chi connectivity index (χ2n) is 4.98. The van der Waals surface area contributed by atoms with Gasteiger partial charge in [0.15, 0.2) is 0 Å². The first-order valence-electron chi connectivity index (χ1n) is 6.02. The maximum absolute atomic E-state index is 11.5. The molecule has 1 N–H and O–H groups in total. The maximum Gasteiger partial charge on any atom is 0.313 e. The highest BCUT2D eigenvalue weighted by atomic mass is 79.9. The van der Waals surface area contributed by atoms with Crippen molar-refractivity contribution >= 4 is 21.9 Å². The Balaban J connectivity index is 2.59. The van der Waals surface area contributed by atoms with Crippen molar-refractivity contribution in [3.8, 4) is 11.1 Å². The van der Waals surface area contributed by atoms with Gasteiger partial charge in [0, 0.05) is 4.47 Å². The third kappa shape index (κ3) is 2.71. The molecule has 0 aliphatic rings. The lowest BCUT2D eigenvalue weighted by Crippen LogP contribution is -2.29. The van der Waals surface area contributed by atoms with E-state index in [9.17, 15) is 9.90 Å². The molecule has 0 heterocycles. The summed E-state index contributed by atoms with van der Waals surface area (Å²) in [7, 11) is 0. The Hall–Kier alpha value is -1.61. The number of aliphatic carboxylic acids is 1. The molecule has 0 radical (unpaired) electrons. The van der Waals surface area contributed by atoms with Gasteiger partial charge >= 0.3 is 5.97 Å². The summed E-state index contributed by atoms with van der Waals surface area (Å²) in [6.07, 6.45) is 0. The molecule has 2 nitrogen and oxygen atoms in total. The molecule has 0 bridgehead atoms. The van der Waals surface area contributed by atoms with Crippen molar-refractivity contribution in [2.24, 2.45) is 0 Å². The van der Waals surface area contributed by atoms with Gasteiger partial charge in [0.1, 0.15) is 0 Å². The number of hydrogen-bond acceptors (Lipinski definition) is 1. The lowest BCUT2D eigenvalue weighted by molar-refractivity contribution is -0.142. The van der Waals surface area contributed by atoms with Crippen LogP contribution in [0, 0.1) is 0 Å². The van der Waals surface area contributed by atoms with Gasteiger partial charge in [0.25, 0.3) is 0 Å². The highest BCUT2D eigenvalue weighted by Gasteiger charge is 2.31. The van der Waals surface area contributed by atoms with Crippen LogP contribution in [0.4, 0.5) is 0 Å². The van der Waals surface area contributed by atoms with E-state index in [1.807, 2.05) is 48.5 Å². The molecule has 0 aromatic heterocycles. The van der Waals surface area contributed by atoms with Crippen LogP contribution in [0.3, 0.4) is 0 Å². The second kappa shape index (κ2) is 5.17. The van der Waals surface area contributed by atoms with Gasteiger partial charge in [-0.3, -0.25) is 4.79 Å². The van der Waals surface area contributed by atoms with Crippen molar-refractivity contribution in [3.63, 3.8) is 0 Å². The number of benzene rings is 2. The van der Waals surface area contributed by atoms with E-state index in [2.05, 4.69) is 15.9 Å². The number of carboxylic acid groups (broad SMARTS) is 1. The largest absolute Gasteiger partial charge is 0.481 e. The minimum absolute atomic E-state index is 0.822. The quantitative estimate of drug-likeness (QED) is 0.906. The minimum atomic E-state index is -0.913. The average Bonchev–Trinajstić information content (AvgIpc) is 2.39. The normalized spacial score (nSPS) is 11.3. The predicted molar refractivity (Wildman–Crippen MR) is 80.2 cm³/mol. The molecule has 0 aliphatic carbocycles. The maximum atomic E-state index is 11.5. The van der Waals surface area contributed by atoms with Crippen molar-refractivity contribution in [1.82, 2.24) is 0 Å². The van der Waals surface area contributed by atoms with Crippen molar-refractivity contribution in [2.75, 3.05) is 0 Å². The van der Waals surface area contributed by atoms with Crippen LogP contribution in [0.25, 0.3) is 11.1 Å². The van der Waals surface area contributed by atoms with Gasteiger partial charge in [0.05, 0.1) is 5.41 Å². The van der Waals surface area contributed by atoms with Crippen LogP contribution in [0.1, 0.15) is 19.4 Å². The van der Waals surface area contributed by atoms with Gasteiger partial charge in [-0.2, -0.15) is 0 Å². The molecule has 0 spiro atoms. The molecular weight excluding hydrogens is 304 g/mol. The van der Waals surface area contributed by atoms with E-state index in [1.54, 1.807) is 13.8 Å². The molecule has 2 rings (SSSR count). The van der Waals surface area contributed by atoms with Gasteiger partial charge in [-0.05, 0) is 42.7 Å². The van der Waals surface area contributed by atoms with Crippen LogP contribution in [0.2, 0.25) is 0 Å². The third-order valence-corrected chi connectivity index (χ3v) is 3.82. The summed E-state index contributed by atoms with van der Waals surface area (Å²) in [6.45, 7) is 3.46. The number of rotatable bonds is 3. The van der Waals surface area contributed by atoms with Crippen LogP contribution in [0.5, 0.6) is 0 Å².